The fourth-order valence-corrected chi connectivity index (χ4v) is 3.21. The van der Waals surface area contributed by atoms with E-state index in [1.54, 1.807) is 0 Å². The molecule has 3 N–H and O–H groups in total. The lowest BCUT2D eigenvalue weighted by Crippen LogP contribution is -2.24. The molecule has 1 saturated heterocycles. The second kappa shape index (κ2) is 5.55. The largest absolute Gasteiger partial charge is 0.393 e. The van der Waals surface area contributed by atoms with Crippen LogP contribution >= 0.6 is 28.1 Å². The summed E-state index contributed by atoms with van der Waals surface area (Å²) in [4.78, 5) is 2.68. The molecule has 0 aliphatic carbocycles. The van der Waals surface area contributed by atoms with Crippen LogP contribution in [0.25, 0.3) is 0 Å². The van der Waals surface area contributed by atoms with Crippen LogP contribution in [0.4, 0.5) is 5.69 Å². The summed E-state index contributed by atoms with van der Waals surface area (Å²) in [5.74, 6) is 0.360. The number of rotatable bonds is 3. The third-order valence-electron chi connectivity index (χ3n) is 3.49. The predicted octanol–water partition coefficient (Wildman–Crippen LogP) is 2.29. The van der Waals surface area contributed by atoms with E-state index < -0.39 is 0 Å². The van der Waals surface area contributed by atoms with E-state index in [9.17, 15) is 5.11 Å². The number of aliphatic hydroxyl groups excluding tert-OH is 1. The number of aliphatic hydroxyl groups is 1. The first-order valence-electron chi connectivity index (χ1n) is 6.01. The number of nitrogens with two attached hydrogens (primary N) is 1. The van der Waals surface area contributed by atoms with Crippen molar-refractivity contribution < 1.29 is 5.11 Å². The summed E-state index contributed by atoms with van der Waals surface area (Å²) in [5, 5.41) is 9.62. The molecule has 1 aliphatic rings. The second-order valence-corrected chi connectivity index (χ2v) is 6.06. The molecule has 0 saturated carbocycles. The van der Waals surface area contributed by atoms with Crippen LogP contribution < -0.4 is 10.6 Å². The Morgan fingerprint density at radius 3 is 2.83 bits per heavy atom. The number of hydrogen-bond donors (Lipinski definition) is 2. The lowest BCUT2D eigenvalue weighted by Gasteiger charge is -2.20. The smallest absolute Gasteiger partial charge is 0.105 e. The molecule has 2 rings (SSSR count). The maximum absolute atomic E-state index is 9.62. The highest BCUT2D eigenvalue weighted by atomic mass is 79.9. The summed E-state index contributed by atoms with van der Waals surface area (Å²) in [5.41, 5.74) is 7.64. The zero-order chi connectivity index (χ0) is 13.3. The molecule has 5 heteroatoms. The molecule has 2 atom stereocenters. The standard InChI is InChI=1S/C13H17BrN2OS/c1-8(17)9-4-5-16(7-9)10-2-3-11(13(15)18)12(14)6-10/h2-3,6,8-9,17H,4-5,7H2,1H3,(H2,15,18). The Morgan fingerprint density at radius 1 is 1.61 bits per heavy atom. The molecule has 0 aromatic heterocycles. The van der Waals surface area contributed by atoms with Crippen LogP contribution in [-0.2, 0) is 0 Å². The third-order valence-corrected chi connectivity index (χ3v) is 4.37. The topological polar surface area (TPSA) is 49.5 Å². The SMILES string of the molecule is CC(O)C1CCN(c2ccc(C(N)=S)c(Br)c2)C1. The van der Waals surface area contributed by atoms with Gasteiger partial charge in [-0.15, -0.1) is 0 Å². The van der Waals surface area contributed by atoms with Gasteiger partial charge in [-0.3, -0.25) is 0 Å². The second-order valence-electron chi connectivity index (χ2n) is 4.76. The number of thiocarbonyl (C=S) groups is 1. The Kier molecular flexibility index (Phi) is 4.25. The Balaban J connectivity index is 2.16. The van der Waals surface area contributed by atoms with Crippen molar-refractivity contribution in [1.82, 2.24) is 0 Å². The number of benzene rings is 1. The molecule has 2 unspecified atom stereocenters. The summed E-state index contributed by atoms with van der Waals surface area (Å²) < 4.78 is 0.924. The van der Waals surface area contributed by atoms with Gasteiger partial charge >= 0.3 is 0 Å². The van der Waals surface area contributed by atoms with Gasteiger partial charge in [0.15, 0.2) is 0 Å². The maximum atomic E-state index is 9.62. The van der Waals surface area contributed by atoms with Gasteiger partial charge in [0, 0.05) is 34.7 Å². The lowest BCUT2D eigenvalue weighted by molar-refractivity contribution is 0.136. The van der Waals surface area contributed by atoms with Crippen LogP contribution in [0, 0.1) is 5.92 Å². The van der Waals surface area contributed by atoms with Crippen molar-refractivity contribution in [1.29, 1.82) is 0 Å². The molecular weight excluding hydrogens is 312 g/mol. The zero-order valence-corrected chi connectivity index (χ0v) is 12.7. The summed E-state index contributed by atoms with van der Waals surface area (Å²) in [6.45, 7) is 3.74. The maximum Gasteiger partial charge on any atom is 0.105 e. The van der Waals surface area contributed by atoms with E-state index in [1.165, 1.54) is 0 Å². The van der Waals surface area contributed by atoms with Crippen LogP contribution in [0.3, 0.4) is 0 Å². The Hall–Kier alpha value is -0.650. The molecule has 1 fully saturated rings. The van der Waals surface area contributed by atoms with Crippen molar-refractivity contribution in [2.75, 3.05) is 18.0 Å². The molecule has 0 spiro atoms. The van der Waals surface area contributed by atoms with Gasteiger partial charge in [-0.2, -0.15) is 0 Å². The van der Waals surface area contributed by atoms with Gasteiger partial charge in [-0.1, -0.05) is 12.2 Å². The molecule has 98 valence electrons. The minimum atomic E-state index is -0.241. The number of nitrogens with zero attached hydrogens (tertiary/aromatic N) is 1. The molecule has 1 aliphatic heterocycles. The van der Waals surface area contributed by atoms with E-state index in [4.69, 9.17) is 18.0 Å². The molecular formula is C13H17BrN2OS. The fraction of sp³-hybridized carbons (Fsp3) is 0.462. The van der Waals surface area contributed by atoms with Gasteiger partial charge in [0.25, 0.3) is 0 Å². The van der Waals surface area contributed by atoms with Crippen molar-refractivity contribution in [2.24, 2.45) is 11.7 Å². The zero-order valence-electron chi connectivity index (χ0n) is 10.3. The van der Waals surface area contributed by atoms with Gasteiger partial charge in [0.2, 0.25) is 0 Å². The molecule has 1 aromatic carbocycles. The van der Waals surface area contributed by atoms with E-state index in [-0.39, 0.29) is 6.10 Å². The molecule has 0 amide bonds. The minimum Gasteiger partial charge on any atom is -0.393 e. The van der Waals surface area contributed by atoms with E-state index in [1.807, 2.05) is 25.1 Å². The molecule has 0 bridgehead atoms. The molecule has 1 heterocycles. The monoisotopic (exact) mass is 328 g/mol. The van der Waals surface area contributed by atoms with Crippen LogP contribution in [0.2, 0.25) is 0 Å². The van der Waals surface area contributed by atoms with Crippen molar-refractivity contribution >= 4 is 38.8 Å². The Labute approximate surface area is 121 Å². The summed E-state index contributed by atoms with van der Waals surface area (Å²) in [7, 11) is 0. The highest BCUT2D eigenvalue weighted by molar-refractivity contribution is 9.10. The van der Waals surface area contributed by atoms with Gasteiger partial charge in [0.1, 0.15) is 4.99 Å². The van der Waals surface area contributed by atoms with Gasteiger partial charge < -0.3 is 15.7 Å². The lowest BCUT2D eigenvalue weighted by atomic mass is 10.0. The normalized spacial score (nSPS) is 21.1. The Morgan fingerprint density at radius 2 is 2.33 bits per heavy atom. The van der Waals surface area contributed by atoms with Gasteiger partial charge in [-0.05, 0) is 47.5 Å². The number of anilines is 1. The summed E-state index contributed by atoms with van der Waals surface area (Å²) >= 11 is 8.48. The third kappa shape index (κ3) is 2.84. The van der Waals surface area contributed by atoms with E-state index in [0.717, 1.165) is 35.2 Å². The number of hydrogen-bond acceptors (Lipinski definition) is 3. The van der Waals surface area contributed by atoms with E-state index in [0.29, 0.717) is 10.9 Å². The van der Waals surface area contributed by atoms with Crippen molar-refractivity contribution in [3.8, 4) is 0 Å². The highest BCUT2D eigenvalue weighted by Gasteiger charge is 2.26. The molecule has 0 radical (unpaired) electrons. The summed E-state index contributed by atoms with van der Waals surface area (Å²) in [6.07, 6.45) is 0.793. The van der Waals surface area contributed by atoms with Crippen molar-refractivity contribution in [3.63, 3.8) is 0 Å². The van der Waals surface area contributed by atoms with Crippen molar-refractivity contribution in [2.45, 2.75) is 19.4 Å². The van der Waals surface area contributed by atoms with Crippen molar-refractivity contribution in [3.05, 3.63) is 28.2 Å². The number of halogens is 1. The fourth-order valence-electron chi connectivity index (χ4n) is 2.32. The quantitative estimate of drug-likeness (QED) is 0.836. The average molecular weight is 329 g/mol. The highest BCUT2D eigenvalue weighted by Crippen LogP contribution is 2.29. The molecule has 1 aromatic rings. The first-order chi connectivity index (χ1) is 8.49. The van der Waals surface area contributed by atoms with Gasteiger partial charge in [0.05, 0.1) is 6.10 Å². The van der Waals surface area contributed by atoms with Crippen LogP contribution in [0.5, 0.6) is 0 Å². The summed E-state index contributed by atoms with van der Waals surface area (Å²) in [6, 6.07) is 6.01. The van der Waals surface area contributed by atoms with E-state index in [2.05, 4.69) is 20.8 Å². The van der Waals surface area contributed by atoms with E-state index >= 15 is 0 Å². The molecule has 18 heavy (non-hydrogen) atoms. The predicted molar refractivity (Wildman–Crippen MR) is 82.0 cm³/mol. The first-order valence-corrected chi connectivity index (χ1v) is 7.21. The molecule has 3 nitrogen and oxygen atoms in total. The first kappa shape index (κ1) is 13.8. The Bertz CT molecular complexity index is 464. The van der Waals surface area contributed by atoms with Gasteiger partial charge in [-0.25, -0.2) is 0 Å². The van der Waals surface area contributed by atoms with Crippen LogP contribution in [-0.4, -0.2) is 29.3 Å². The average Bonchev–Trinajstić information content (AvgIpc) is 2.77. The van der Waals surface area contributed by atoms with Crippen LogP contribution in [0.15, 0.2) is 22.7 Å². The van der Waals surface area contributed by atoms with Crippen LogP contribution in [0.1, 0.15) is 18.9 Å². The minimum absolute atomic E-state index is 0.241.